The molecule has 0 N–H and O–H groups in total. The lowest BCUT2D eigenvalue weighted by Crippen LogP contribution is -2.03. The van der Waals surface area contributed by atoms with Gasteiger partial charge in [0.25, 0.3) is 0 Å². The molecule has 0 saturated heterocycles. The Morgan fingerprint density at radius 3 is 1.39 bits per heavy atom. The first-order chi connectivity index (χ1) is 8.49. The van der Waals surface area contributed by atoms with Crippen molar-refractivity contribution in [2.45, 2.75) is 0 Å². The zero-order valence-corrected chi connectivity index (χ0v) is 8.88. The molecule has 0 atom stereocenters. The Morgan fingerprint density at radius 1 is 0.667 bits per heavy atom. The largest absolute Gasteiger partial charge is 0.289 e. The summed E-state index contributed by atoms with van der Waals surface area (Å²) >= 11 is 0. The topological polar surface area (TPSA) is 17.1 Å². The average Bonchev–Trinajstić information content (AvgIpc) is 2.35. The maximum atomic E-state index is 12.9. The number of hydrogen-bond donors (Lipinski definition) is 0. The van der Waals surface area contributed by atoms with Gasteiger partial charge in [0, 0.05) is 11.1 Å². The van der Waals surface area contributed by atoms with Gasteiger partial charge in [-0.05, 0) is 36.4 Å². The highest BCUT2D eigenvalue weighted by molar-refractivity contribution is 6.08. The molecule has 0 saturated carbocycles. The molecular weight excluding hydrogens is 248 g/mol. The molecule has 5 heteroatoms. The molecule has 0 spiro atoms. The number of hydrogen-bond acceptors (Lipinski definition) is 1. The second-order valence-corrected chi connectivity index (χ2v) is 3.59. The number of carbonyl (C=O) groups excluding carboxylic acids is 1. The molecule has 0 aliphatic rings. The van der Waals surface area contributed by atoms with Gasteiger partial charge in [-0.15, -0.1) is 0 Å². The van der Waals surface area contributed by atoms with Crippen LogP contribution in [0, 0.1) is 23.3 Å². The van der Waals surface area contributed by atoms with E-state index in [1.807, 2.05) is 0 Å². The SMILES string of the molecule is O=C(c1ccc(F)c(F)c1)c1ccc(F)c(F)c1. The first kappa shape index (κ1) is 12.3. The summed E-state index contributed by atoms with van der Waals surface area (Å²) in [5.41, 5.74) is -0.278. The average molecular weight is 254 g/mol. The Labute approximate surface area is 99.7 Å². The fourth-order valence-electron chi connectivity index (χ4n) is 1.44. The van der Waals surface area contributed by atoms with Crippen LogP contribution in [-0.4, -0.2) is 5.78 Å². The van der Waals surface area contributed by atoms with Crippen molar-refractivity contribution in [3.63, 3.8) is 0 Å². The summed E-state index contributed by atoms with van der Waals surface area (Å²) in [6.45, 7) is 0. The van der Waals surface area contributed by atoms with Crippen molar-refractivity contribution in [3.05, 3.63) is 70.8 Å². The van der Waals surface area contributed by atoms with Crippen molar-refractivity contribution in [2.24, 2.45) is 0 Å². The van der Waals surface area contributed by atoms with Crippen LogP contribution < -0.4 is 0 Å². The maximum absolute atomic E-state index is 12.9. The van der Waals surface area contributed by atoms with Gasteiger partial charge in [0.2, 0.25) is 0 Å². The molecule has 0 bridgehead atoms. The zero-order chi connectivity index (χ0) is 13.3. The number of carbonyl (C=O) groups is 1. The second kappa shape index (κ2) is 4.60. The van der Waals surface area contributed by atoms with E-state index in [0.717, 1.165) is 24.3 Å². The molecule has 0 aliphatic carbocycles. The fourth-order valence-corrected chi connectivity index (χ4v) is 1.44. The van der Waals surface area contributed by atoms with E-state index in [9.17, 15) is 22.4 Å². The minimum Gasteiger partial charge on any atom is -0.289 e. The van der Waals surface area contributed by atoms with Crippen molar-refractivity contribution in [1.29, 1.82) is 0 Å². The second-order valence-electron chi connectivity index (χ2n) is 3.59. The lowest BCUT2D eigenvalue weighted by atomic mass is 10.0. The predicted molar refractivity (Wildman–Crippen MR) is 56.1 cm³/mol. The van der Waals surface area contributed by atoms with Crippen molar-refractivity contribution in [2.75, 3.05) is 0 Å². The Morgan fingerprint density at radius 2 is 1.06 bits per heavy atom. The minimum atomic E-state index is -1.18. The molecule has 0 aliphatic heterocycles. The highest BCUT2D eigenvalue weighted by atomic mass is 19.2. The standard InChI is InChI=1S/C13H6F4O/c14-9-3-1-7(5-11(9)16)13(18)8-2-4-10(15)12(17)6-8/h1-6H. The molecule has 0 amide bonds. The molecule has 18 heavy (non-hydrogen) atoms. The fraction of sp³-hybridized carbons (Fsp3) is 0. The molecular formula is C13H6F4O. The van der Waals surface area contributed by atoms with Gasteiger partial charge in [0.15, 0.2) is 29.1 Å². The minimum absolute atomic E-state index is 0.139. The Hall–Kier alpha value is -2.17. The summed E-state index contributed by atoms with van der Waals surface area (Å²) in [4.78, 5) is 11.8. The van der Waals surface area contributed by atoms with E-state index in [2.05, 4.69) is 0 Å². The lowest BCUT2D eigenvalue weighted by Gasteiger charge is -2.02. The maximum Gasteiger partial charge on any atom is 0.193 e. The Bertz CT molecular complexity index is 569. The summed E-state index contributed by atoms with van der Waals surface area (Å²) in [6.07, 6.45) is 0. The molecule has 0 fully saturated rings. The van der Waals surface area contributed by atoms with Gasteiger partial charge in [0.05, 0.1) is 0 Å². The van der Waals surface area contributed by atoms with Crippen LogP contribution in [0.5, 0.6) is 0 Å². The Balaban J connectivity index is 2.41. The van der Waals surface area contributed by atoms with Crippen molar-refractivity contribution >= 4 is 5.78 Å². The quantitative estimate of drug-likeness (QED) is 0.592. The summed E-state index contributed by atoms with van der Waals surface area (Å²) in [7, 11) is 0. The van der Waals surface area contributed by atoms with Crippen LogP contribution in [0.1, 0.15) is 15.9 Å². The van der Waals surface area contributed by atoms with E-state index in [1.54, 1.807) is 0 Å². The van der Waals surface area contributed by atoms with Crippen molar-refractivity contribution < 1.29 is 22.4 Å². The van der Waals surface area contributed by atoms with E-state index >= 15 is 0 Å². The molecule has 0 radical (unpaired) electrons. The number of halogens is 4. The van der Waals surface area contributed by atoms with Crippen LogP contribution in [0.3, 0.4) is 0 Å². The van der Waals surface area contributed by atoms with Gasteiger partial charge in [-0.1, -0.05) is 0 Å². The smallest absolute Gasteiger partial charge is 0.193 e. The van der Waals surface area contributed by atoms with Crippen molar-refractivity contribution in [3.8, 4) is 0 Å². The third-order valence-corrected chi connectivity index (χ3v) is 2.36. The molecule has 0 aromatic heterocycles. The highest BCUT2D eigenvalue weighted by Gasteiger charge is 2.14. The molecule has 1 nitrogen and oxygen atoms in total. The van der Waals surface area contributed by atoms with Crippen LogP contribution in [0.15, 0.2) is 36.4 Å². The Kier molecular flexibility index (Phi) is 3.14. The van der Waals surface area contributed by atoms with Gasteiger partial charge < -0.3 is 0 Å². The monoisotopic (exact) mass is 254 g/mol. The van der Waals surface area contributed by atoms with Gasteiger partial charge in [-0.2, -0.15) is 0 Å². The third-order valence-electron chi connectivity index (χ3n) is 2.36. The van der Waals surface area contributed by atoms with Crippen LogP contribution in [-0.2, 0) is 0 Å². The highest BCUT2D eigenvalue weighted by Crippen LogP contribution is 2.15. The van der Waals surface area contributed by atoms with Crippen molar-refractivity contribution in [1.82, 2.24) is 0 Å². The molecule has 2 aromatic carbocycles. The molecule has 2 rings (SSSR count). The van der Waals surface area contributed by atoms with E-state index in [-0.39, 0.29) is 11.1 Å². The van der Waals surface area contributed by atoms with Gasteiger partial charge in [-0.3, -0.25) is 4.79 Å². The van der Waals surface area contributed by atoms with E-state index < -0.39 is 29.1 Å². The van der Waals surface area contributed by atoms with E-state index in [0.29, 0.717) is 12.1 Å². The number of benzene rings is 2. The van der Waals surface area contributed by atoms with Crippen LogP contribution in [0.25, 0.3) is 0 Å². The summed E-state index contributed by atoms with van der Waals surface area (Å²) < 4.78 is 51.2. The summed E-state index contributed by atoms with van der Waals surface area (Å²) in [5, 5.41) is 0. The van der Waals surface area contributed by atoms with E-state index in [1.165, 1.54) is 0 Å². The first-order valence-electron chi connectivity index (χ1n) is 4.94. The first-order valence-corrected chi connectivity index (χ1v) is 4.94. The third kappa shape index (κ3) is 2.25. The van der Waals surface area contributed by atoms with Gasteiger partial charge in [0.1, 0.15) is 0 Å². The van der Waals surface area contributed by atoms with Crippen LogP contribution >= 0.6 is 0 Å². The molecule has 92 valence electrons. The molecule has 0 heterocycles. The molecule has 0 unspecified atom stereocenters. The van der Waals surface area contributed by atoms with Crippen LogP contribution in [0.4, 0.5) is 17.6 Å². The molecule has 2 aromatic rings. The van der Waals surface area contributed by atoms with Gasteiger partial charge >= 0.3 is 0 Å². The van der Waals surface area contributed by atoms with Crippen LogP contribution in [0.2, 0.25) is 0 Å². The normalized spacial score (nSPS) is 10.4. The predicted octanol–water partition coefficient (Wildman–Crippen LogP) is 3.47. The number of ketones is 1. The zero-order valence-electron chi connectivity index (χ0n) is 8.88. The summed E-state index contributed by atoms with van der Waals surface area (Å²) in [5.74, 6) is -5.24. The number of rotatable bonds is 2. The van der Waals surface area contributed by atoms with E-state index in [4.69, 9.17) is 0 Å². The van der Waals surface area contributed by atoms with Gasteiger partial charge in [-0.25, -0.2) is 17.6 Å². The summed E-state index contributed by atoms with van der Waals surface area (Å²) in [6, 6.07) is 5.15. The lowest BCUT2D eigenvalue weighted by molar-refractivity contribution is 0.103.